The van der Waals surface area contributed by atoms with E-state index in [4.69, 9.17) is 5.73 Å². The molecule has 1 aromatic rings. The van der Waals surface area contributed by atoms with E-state index in [1.807, 2.05) is 4.68 Å². The zero-order valence-corrected chi connectivity index (χ0v) is 10.4. The fourth-order valence-electron chi connectivity index (χ4n) is 1.76. The van der Waals surface area contributed by atoms with Gasteiger partial charge < -0.3 is 5.73 Å². The van der Waals surface area contributed by atoms with Gasteiger partial charge in [0.1, 0.15) is 0 Å². The van der Waals surface area contributed by atoms with Crippen molar-refractivity contribution in [3.05, 3.63) is 11.4 Å². The predicted molar refractivity (Wildman–Crippen MR) is 61.8 cm³/mol. The number of rotatable bonds is 5. The number of amides is 1. The monoisotopic (exact) mass is 224 g/mol. The average molecular weight is 224 g/mol. The van der Waals surface area contributed by atoms with Crippen LogP contribution in [0.15, 0.2) is 0 Å². The lowest BCUT2D eigenvalue weighted by atomic mass is 10.1. The first-order chi connectivity index (χ1) is 7.41. The van der Waals surface area contributed by atoms with Crippen molar-refractivity contribution < 1.29 is 4.79 Å². The molecule has 0 fully saturated rings. The van der Waals surface area contributed by atoms with Gasteiger partial charge in [0.2, 0.25) is 5.91 Å². The molecule has 0 spiro atoms. The molecule has 0 aliphatic carbocycles. The van der Waals surface area contributed by atoms with E-state index in [9.17, 15) is 4.79 Å². The topological polar surface area (TPSA) is 73.8 Å². The number of nitrogens with two attached hydrogens (primary N) is 1. The molecule has 0 aromatic carbocycles. The van der Waals surface area contributed by atoms with Crippen LogP contribution in [0.3, 0.4) is 0 Å². The highest BCUT2D eigenvalue weighted by molar-refractivity contribution is 5.76. The van der Waals surface area contributed by atoms with E-state index in [1.165, 1.54) is 0 Å². The molecule has 0 saturated heterocycles. The molecule has 0 saturated carbocycles. The van der Waals surface area contributed by atoms with E-state index in [0.29, 0.717) is 17.5 Å². The summed E-state index contributed by atoms with van der Waals surface area (Å²) in [4.78, 5) is 10.9. The van der Waals surface area contributed by atoms with Gasteiger partial charge in [0.05, 0.1) is 17.8 Å². The fraction of sp³-hybridized carbons (Fsp3) is 0.727. The molecule has 90 valence electrons. The van der Waals surface area contributed by atoms with Crippen molar-refractivity contribution in [2.75, 3.05) is 0 Å². The lowest BCUT2D eigenvalue weighted by molar-refractivity contribution is -0.117. The van der Waals surface area contributed by atoms with Crippen molar-refractivity contribution >= 4 is 5.91 Å². The van der Waals surface area contributed by atoms with Gasteiger partial charge in [-0.1, -0.05) is 32.9 Å². The van der Waals surface area contributed by atoms with Crippen molar-refractivity contribution in [1.82, 2.24) is 15.0 Å². The van der Waals surface area contributed by atoms with Gasteiger partial charge in [-0.3, -0.25) is 4.79 Å². The van der Waals surface area contributed by atoms with Gasteiger partial charge in [-0.15, -0.1) is 5.10 Å². The average Bonchev–Trinajstić information content (AvgIpc) is 2.45. The minimum Gasteiger partial charge on any atom is -0.369 e. The SMILES string of the molecule is CC(C)Cn1nnc(CC(N)=O)c1C(C)C. The quantitative estimate of drug-likeness (QED) is 0.813. The molecule has 2 N–H and O–H groups in total. The Hall–Kier alpha value is -1.39. The summed E-state index contributed by atoms with van der Waals surface area (Å²) in [5, 5.41) is 8.13. The summed E-state index contributed by atoms with van der Waals surface area (Å²) in [6, 6.07) is 0. The van der Waals surface area contributed by atoms with E-state index >= 15 is 0 Å². The van der Waals surface area contributed by atoms with Crippen LogP contribution in [0, 0.1) is 5.92 Å². The molecule has 16 heavy (non-hydrogen) atoms. The Morgan fingerprint density at radius 3 is 2.44 bits per heavy atom. The Balaban J connectivity index is 3.01. The van der Waals surface area contributed by atoms with Crippen molar-refractivity contribution in [1.29, 1.82) is 0 Å². The minimum absolute atomic E-state index is 0.172. The molecular weight excluding hydrogens is 204 g/mol. The Bertz CT molecular complexity index is 368. The van der Waals surface area contributed by atoms with Gasteiger partial charge in [-0.2, -0.15) is 0 Å². The molecule has 0 unspecified atom stereocenters. The molecule has 1 rings (SSSR count). The van der Waals surface area contributed by atoms with Gasteiger partial charge >= 0.3 is 0 Å². The molecule has 0 aliphatic rings. The van der Waals surface area contributed by atoms with Gasteiger partial charge in [-0.05, 0) is 11.8 Å². The van der Waals surface area contributed by atoms with Gasteiger partial charge in [0.15, 0.2) is 0 Å². The molecular formula is C11H20N4O. The highest BCUT2D eigenvalue weighted by Crippen LogP contribution is 2.18. The van der Waals surface area contributed by atoms with Gasteiger partial charge in [0.25, 0.3) is 0 Å². The van der Waals surface area contributed by atoms with Crippen LogP contribution >= 0.6 is 0 Å². The number of hydrogen-bond acceptors (Lipinski definition) is 3. The molecule has 5 heteroatoms. The highest BCUT2D eigenvalue weighted by atomic mass is 16.1. The van der Waals surface area contributed by atoms with Crippen molar-refractivity contribution in [3.8, 4) is 0 Å². The van der Waals surface area contributed by atoms with E-state index in [1.54, 1.807) is 0 Å². The standard InChI is InChI=1S/C11H20N4O/c1-7(2)6-15-11(8(3)4)9(13-14-15)5-10(12)16/h7-8H,5-6H2,1-4H3,(H2,12,16). The normalized spacial score (nSPS) is 11.4. The molecule has 5 nitrogen and oxygen atoms in total. The number of hydrogen-bond donors (Lipinski definition) is 1. The zero-order chi connectivity index (χ0) is 12.3. The molecule has 1 aromatic heterocycles. The van der Waals surface area contributed by atoms with E-state index < -0.39 is 0 Å². The zero-order valence-electron chi connectivity index (χ0n) is 10.4. The number of aromatic nitrogens is 3. The lowest BCUT2D eigenvalue weighted by Gasteiger charge is -2.12. The molecule has 1 amide bonds. The van der Waals surface area contributed by atoms with Crippen LogP contribution in [0.2, 0.25) is 0 Å². The van der Waals surface area contributed by atoms with Crippen LogP contribution in [0.5, 0.6) is 0 Å². The first kappa shape index (κ1) is 12.7. The fourth-order valence-corrected chi connectivity index (χ4v) is 1.76. The van der Waals surface area contributed by atoms with E-state index in [0.717, 1.165) is 12.2 Å². The first-order valence-electron chi connectivity index (χ1n) is 5.62. The largest absolute Gasteiger partial charge is 0.369 e. The van der Waals surface area contributed by atoms with Crippen LogP contribution in [0.1, 0.15) is 45.0 Å². The Labute approximate surface area is 96.0 Å². The minimum atomic E-state index is -0.363. The molecule has 1 heterocycles. The second-order valence-electron chi connectivity index (χ2n) is 4.80. The summed E-state index contributed by atoms with van der Waals surface area (Å²) in [6.07, 6.45) is 0.172. The number of carbonyl (C=O) groups is 1. The van der Waals surface area contributed by atoms with Crippen LogP contribution in [-0.4, -0.2) is 20.9 Å². The lowest BCUT2D eigenvalue weighted by Crippen LogP contribution is -2.16. The first-order valence-corrected chi connectivity index (χ1v) is 5.62. The van der Waals surface area contributed by atoms with E-state index in [-0.39, 0.29) is 12.3 Å². The Morgan fingerprint density at radius 1 is 1.38 bits per heavy atom. The summed E-state index contributed by atoms with van der Waals surface area (Å²) < 4.78 is 1.88. The number of carbonyl (C=O) groups excluding carboxylic acids is 1. The summed E-state index contributed by atoms with van der Waals surface area (Å²) in [6.45, 7) is 9.21. The maximum atomic E-state index is 10.9. The summed E-state index contributed by atoms with van der Waals surface area (Å²) >= 11 is 0. The van der Waals surface area contributed by atoms with Crippen LogP contribution in [-0.2, 0) is 17.8 Å². The predicted octanol–water partition coefficient (Wildman–Crippen LogP) is 1.09. The third kappa shape index (κ3) is 3.05. The number of primary amides is 1. The third-order valence-electron chi connectivity index (χ3n) is 2.27. The van der Waals surface area contributed by atoms with E-state index in [2.05, 4.69) is 38.0 Å². The molecule has 0 aliphatic heterocycles. The Kier molecular flexibility index (Phi) is 4.04. The second-order valence-corrected chi connectivity index (χ2v) is 4.80. The smallest absolute Gasteiger partial charge is 0.223 e. The summed E-state index contributed by atoms with van der Waals surface area (Å²) in [5.41, 5.74) is 6.92. The summed E-state index contributed by atoms with van der Waals surface area (Å²) in [5.74, 6) is 0.433. The van der Waals surface area contributed by atoms with Gasteiger partial charge in [0, 0.05) is 6.54 Å². The van der Waals surface area contributed by atoms with Crippen LogP contribution in [0.25, 0.3) is 0 Å². The van der Waals surface area contributed by atoms with Crippen LogP contribution in [0.4, 0.5) is 0 Å². The van der Waals surface area contributed by atoms with Crippen molar-refractivity contribution in [3.63, 3.8) is 0 Å². The summed E-state index contributed by atoms with van der Waals surface area (Å²) in [7, 11) is 0. The molecule has 0 atom stereocenters. The third-order valence-corrected chi connectivity index (χ3v) is 2.27. The molecule has 0 radical (unpaired) electrons. The highest BCUT2D eigenvalue weighted by Gasteiger charge is 2.17. The maximum Gasteiger partial charge on any atom is 0.223 e. The maximum absolute atomic E-state index is 10.9. The molecule has 0 bridgehead atoms. The Morgan fingerprint density at radius 2 is 2.00 bits per heavy atom. The van der Waals surface area contributed by atoms with Gasteiger partial charge in [-0.25, -0.2) is 4.68 Å². The second kappa shape index (κ2) is 5.09. The number of nitrogens with zero attached hydrogens (tertiary/aromatic N) is 3. The van der Waals surface area contributed by atoms with Crippen LogP contribution < -0.4 is 5.73 Å². The van der Waals surface area contributed by atoms with Crippen molar-refractivity contribution in [2.24, 2.45) is 11.7 Å². The van der Waals surface area contributed by atoms with Crippen molar-refractivity contribution in [2.45, 2.75) is 46.6 Å².